The number of rotatable bonds is 6. The van der Waals surface area contributed by atoms with Gasteiger partial charge >= 0.3 is 0 Å². The Morgan fingerprint density at radius 1 is 1.05 bits per heavy atom. The van der Waals surface area contributed by atoms with Crippen molar-refractivity contribution in [2.24, 2.45) is 0 Å². The fourth-order valence-corrected chi connectivity index (χ4v) is 1.90. The monoisotopic (exact) mass is 270 g/mol. The third kappa shape index (κ3) is 3.60. The van der Waals surface area contributed by atoms with E-state index in [0.717, 1.165) is 5.75 Å². The summed E-state index contributed by atoms with van der Waals surface area (Å²) in [6.45, 7) is 4.28. The van der Waals surface area contributed by atoms with E-state index in [1.54, 1.807) is 25.1 Å². The van der Waals surface area contributed by atoms with Gasteiger partial charge in [0.25, 0.3) is 0 Å². The molecule has 0 radical (unpaired) electrons. The van der Waals surface area contributed by atoms with Crippen LogP contribution >= 0.6 is 0 Å². The quantitative estimate of drug-likeness (QED) is 0.750. The van der Waals surface area contributed by atoms with Crippen LogP contribution in [0.15, 0.2) is 54.6 Å². The van der Waals surface area contributed by atoms with E-state index < -0.39 is 6.10 Å². The highest BCUT2D eigenvalue weighted by molar-refractivity contribution is 5.99. The van der Waals surface area contributed by atoms with Crippen LogP contribution in [0, 0.1) is 0 Å². The Morgan fingerprint density at radius 2 is 1.75 bits per heavy atom. The van der Waals surface area contributed by atoms with Crippen LogP contribution in [0.2, 0.25) is 0 Å². The van der Waals surface area contributed by atoms with Gasteiger partial charge in [-0.15, -0.1) is 0 Å². The standard InChI is InChI=1S/C17H18O3/c1-3-19-15-10-7-11-16(12-15)20-13(2)17(18)14-8-5-4-6-9-14/h4-13H,3H2,1-2H3. The summed E-state index contributed by atoms with van der Waals surface area (Å²) in [4.78, 5) is 12.2. The molecule has 0 saturated heterocycles. The van der Waals surface area contributed by atoms with Gasteiger partial charge in [-0.1, -0.05) is 36.4 Å². The van der Waals surface area contributed by atoms with Crippen molar-refractivity contribution in [2.75, 3.05) is 6.61 Å². The van der Waals surface area contributed by atoms with Crippen molar-refractivity contribution in [3.05, 3.63) is 60.2 Å². The second-order valence-corrected chi connectivity index (χ2v) is 4.40. The minimum Gasteiger partial charge on any atom is -0.494 e. The van der Waals surface area contributed by atoms with E-state index in [2.05, 4.69) is 0 Å². The molecular formula is C17H18O3. The molecule has 0 bridgehead atoms. The first kappa shape index (κ1) is 14.1. The zero-order chi connectivity index (χ0) is 14.4. The van der Waals surface area contributed by atoms with E-state index in [1.165, 1.54) is 0 Å². The third-order valence-electron chi connectivity index (χ3n) is 2.86. The molecule has 0 spiro atoms. The summed E-state index contributed by atoms with van der Waals surface area (Å²) in [5, 5.41) is 0. The highest BCUT2D eigenvalue weighted by Gasteiger charge is 2.16. The largest absolute Gasteiger partial charge is 0.494 e. The van der Waals surface area contributed by atoms with Gasteiger partial charge in [0, 0.05) is 11.6 Å². The lowest BCUT2D eigenvalue weighted by Crippen LogP contribution is -2.23. The van der Waals surface area contributed by atoms with Gasteiger partial charge in [0.15, 0.2) is 6.10 Å². The molecule has 0 aliphatic rings. The van der Waals surface area contributed by atoms with Crippen LogP contribution in [0.25, 0.3) is 0 Å². The van der Waals surface area contributed by atoms with E-state index in [9.17, 15) is 4.79 Å². The van der Waals surface area contributed by atoms with Crippen LogP contribution < -0.4 is 9.47 Å². The van der Waals surface area contributed by atoms with Gasteiger partial charge in [-0.3, -0.25) is 4.79 Å². The minimum absolute atomic E-state index is 0.0348. The molecule has 0 N–H and O–H groups in total. The number of Topliss-reactive ketones (excluding diaryl/α,β-unsaturated/α-hetero) is 1. The van der Waals surface area contributed by atoms with Crippen molar-refractivity contribution in [1.82, 2.24) is 0 Å². The van der Waals surface area contributed by atoms with Crippen LogP contribution in [0.5, 0.6) is 11.5 Å². The highest BCUT2D eigenvalue weighted by atomic mass is 16.5. The normalized spacial score (nSPS) is 11.7. The molecule has 3 nitrogen and oxygen atoms in total. The van der Waals surface area contributed by atoms with Gasteiger partial charge in [-0.2, -0.15) is 0 Å². The van der Waals surface area contributed by atoms with Gasteiger partial charge < -0.3 is 9.47 Å². The number of carbonyl (C=O) groups is 1. The smallest absolute Gasteiger partial charge is 0.202 e. The number of ether oxygens (including phenoxy) is 2. The van der Waals surface area contributed by atoms with Crippen molar-refractivity contribution in [2.45, 2.75) is 20.0 Å². The Balaban J connectivity index is 2.06. The molecule has 0 aliphatic carbocycles. The Kier molecular flexibility index (Phi) is 4.77. The third-order valence-corrected chi connectivity index (χ3v) is 2.86. The van der Waals surface area contributed by atoms with Crippen LogP contribution in [-0.2, 0) is 0 Å². The SMILES string of the molecule is CCOc1cccc(OC(C)C(=O)c2ccccc2)c1. The predicted molar refractivity (Wildman–Crippen MR) is 78.5 cm³/mol. The van der Waals surface area contributed by atoms with E-state index in [1.807, 2.05) is 43.3 Å². The average molecular weight is 270 g/mol. The maximum absolute atomic E-state index is 12.2. The molecule has 0 fully saturated rings. The lowest BCUT2D eigenvalue weighted by molar-refractivity contribution is 0.0817. The van der Waals surface area contributed by atoms with Gasteiger partial charge in [-0.25, -0.2) is 0 Å². The minimum atomic E-state index is -0.533. The van der Waals surface area contributed by atoms with E-state index in [-0.39, 0.29) is 5.78 Å². The summed E-state index contributed by atoms with van der Waals surface area (Å²) in [5.41, 5.74) is 0.654. The first-order valence-corrected chi connectivity index (χ1v) is 6.69. The average Bonchev–Trinajstić information content (AvgIpc) is 2.48. The highest BCUT2D eigenvalue weighted by Crippen LogP contribution is 2.21. The summed E-state index contributed by atoms with van der Waals surface area (Å²) < 4.78 is 11.1. The van der Waals surface area contributed by atoms with Gasteiger partial charge in [0.2, 0.25) is 5.78 Å². The summed E-state index contributed by atoms with van der Waals surface area (Å²) in [7, 11) is 0. The fourth-order valence-electron chi connectivity index (χ4n) is 1.90. The molecule has 104 valence electrons. The molecule has 2 aromatic carbocycles. The molecule has 3 heteroatoms. The van der Waals surface area contributed by atoms with Gasteiger partial charge in [0.05, 0.1) is 6.61 Å². The van der Waals surface area contributed by atoms with Gasteiger partial charge in [-0.05, 0) is 26.0 Å². The van der Waals surface area contributed by atoms with E-state index in [0.29, 0.717) is 17.9 Å². The second-order valence-electron chi connectivity index (χ2n) is 4.40. The zero-order valence-electron chi connectivity index (χ0n) is 11.7. The van der Waals surface area contributed by atoms with Crippen LogP contribution in [0.1, 0.15) is 24.2 Å². The molecule has 0 saturated carbocycles. The van der Waals surface area contributed by atoms with Crippen molar-refractivity contribution >= 4 is 5.78 Å². The Morgan fingerprint density at radius 3 is 2.45 bits per heavy atom. The van der Waals surface area contributed by atoms with Crippen LogP contribution in [0.4, 0.5) is 0 Å². The molecule has 1 unspecified atom stereocenters. The summed E-state index contributed by atoms with van der Waals surface area (Å²) >= 11 is 0. The number of benzene rings is 2. The van der Waals surface area contributed by atoms with Crippen molar-refractivity contribution in [1.29, 1.82) is 0 Å². The molecule has 1 atom stereocenters. The lowest BCUT2D eigenvalue weighted by atomic mass is 10.1. The van der Waals surface area contributed by atoms with E-state index in [4.69, 9.17) is 9.47 Å². The Hall–Kier alpha value is -2.29. The summed E-state index contributed by atoms with van der Waals surface area (Å²) in [6, 6.07) is 16.5. The second kappa shape index (κ2) is 6.75. The summed E-state index contributed by atoms with van der Waals surface area (Å²) in [5.74, 6) is 1.34. The first-order valence-electron chi connectivity index (χ1n) is 6.69. The van der Waals surface area contributed by atoms with Gasteiger partial charge in [0.1, 0.15) is 11.5 Å². The first-order chi connectivity index (χ1) is 9.70. The molecule has 0 amide bonds. The van der Waals surface area contributed by atoms with Crippen molar-refractivity contribution < 1.29 is 14.3 Å². The zero-order valence-corrected chi connectivity index (χ0v) is 11.7. The van der Waals surface area contributed by atoms with Crippen molar-refractivity contribution in [3.8, 4) is 11.5 Å². The molecule has 20 heavy (non-hydrogen) atoms. The summed E-state index contributed by atoms with van der Waals surface area (Å²) in [6.07, 6.45) is -0.533. The number of carbonyl (C=O) groups excluding carboxylic acids is 1. The molecule has 2 rings (SSSR count). The number of hydrogen-bond acceptors (Lipinski definition) is 3. The predicted octanol–water partition coefficient (Wildman–Crippen LogP) is 3.74. The van der Waals surface area contributed by atoms with E-state index >= 15 is 0 Å². The number of hydrogen-bond donors (Lipinski definition) is 0. The Labute approximate surface area is 119 Å². The lowest BCUT2D eigenvalue weighted by Gasteiger charge is -2.14. The molecule has 0 aliphatic heterocycles. The maximum Gasteiger partial charge on any atom is 0.202 e. The van der Waals surface area contributed by atoms with Crippen LogP contribution in [-0.4, -0.2) is 18.5 Å². The maximum atomic E-state index is 12.2. The Bertz CT molecular complexity index is 563. The van der Waals surface area contributed by atoms with Crippen molar-refractivity contribution in [3.63, 3.8) is 0 Å². The topological polar surface area (TPSA) is 35.5 Å². The molecule has 2 aromatic rings. The molecule has 0 heterocycles. The number of ketones is 1. The molecule has 0 aromatic heterocycles. The van der Waals surface area contributed by atoms with Crippen LogP contribution in [0.3, 0.4) is 0 Å². The fraction of sp³-hybridized carbons (Fsp3) is 0.235. The molecular weight excluding hydrogens is 252 g/mol.